The predicted molar refractivity (Wildman–Crippen MR) is 110 cm³/mol. The SMILES string of the molecule is CSc1ccc([C@H](O)CNC(=O)c2ccc(S(=O)(=O)N3CCCC3)cc2)cc1. The maximum atomic E-state index is 12.5. The summed E-state index contributed by atoms with van der Waals surface area (Å²) in [5.41, 5.74) is 1.08. The number of carbonyl (C=O) groups is 1. The fraction of sp³-hybridized carbons (Fsp3) is 0.350. The summed E-state index contributed by atoms with van der Waals surface area (Å²) in [6.07, 6.45) is 2.92. The van der Waals surface area contributed by atoms with Crippen molar-refractivity contribution in [3.8, 4) is 0 Å². The number of benzene rings is 2. The van der Waals surface area contributed by atoms with Crippen LogP contribution >= 0.6 is 11.8 Å². The molecule has 1 aliphatic heterocycles. The number of thioether (sulfide) groups is 1. The summed E-state index contributed by atoms with van der Waals surface area (Å²) in [4.78, 5) is 13.6. The molecule has 0 bridgehead atoms. The number of hydrogen-bond acceptors (Lipinski definition) is 5. The van der Waals surface area contributed by atoms with E-state index in [1.165, 1.54) is 28.6 Å². The third-order valence-corrected chi connectivity index (χ3v) is 7.43. The zero-order valence-corrected chi connectivity index (χ0v) is 17.3. The lowest BCUT2D eigenvalue weighted by molar-refractivity contribution is 0.0916. The van der Waals surface area contributed by atoms with Crippen LogP contribution in [0.15, 0.2) is 58.3 Å². The van der Waals surface area contributed by atoms with Crippen molar-refractivity contribution in [2.75, 3.05) is 25.9 Å². The van der Waals surface area contributed by atoms with Crippen LogP contribution in [-0.4, -0.2) is 49.6 Å². The highest BCUT2D eigenvalue weighted by Crippen LogP contribution is 2.21. The second kappa shape index (κ2) is 9.09. The van der Waals surface area contributed by atoms with Gasteiger partial charge in [-0.05, 0) is 61.1 Å². The maximum Gasteiger partial charge on any atom is 0.251 e. The Labute approximate surface area is 170 Å². The van der Waals surface area contributed by atoms with Gasteiger partial charge in [-0.3, -0.25) is 4.79 Å². The Hall–Kier alpha value is -1.87. The third-order valence-electron chi connectivity index (χ3n) is 4.78. The molecule has 0 aromatic heterocycles. The Morgan fingerprint density at radius 1 is 1.11 bits per heavy atom. The summed E-state index contributed by atoms with van der Waals surface area (Å²) in [5, 5.41) is 12.9. The van der Waals surface area contributed by atoms with Crippen LogP contribution in [-0.2, 0) is 10.0 Å². The zero-order valence-electron chi connectivity index (χ0n) is 15.7. The van der Waals surface area contributed by atoms with Gasteiger partial charge in [0, 0.05) is 30.1 Å². The first-order chi connectivity index (χ1) is 13.4. The lowest BCUT2D eigenvalue weighted by atomic mass is 10.1. The number of hydrogen-bond donors (Lipinski definition) is 2. The second-order valence-corrected chi connectivity index (χ2v) is 9.45. The van der Waals surface area contributed by atoms with Gasteiger partial charge in [-0.15, -0.1) is 11.8 Å². The Morgan fingerprint density at radius 2 is 1.71 bits per heavy atom. The molecule has 1 saturated heterocycles. The molecule has 6 nitrogen and oxygen atoms in total. The van der Waals surface area contributed by atoms with Crippen molar-refractivity contribution in [2.24, 2.45) is 0 Å². The Bertz CT molecular complexity index is 906. The summed E-state index contributed by atoms with van der Waals surface area (Å²) in [6.45, 7) is 1.16. The number of amides is 1. The van der Waals surface area contributed by atoms with Crippen LogP contribution in [0.5, 0.6) is 0 Å². The van der Waals surface area contributed by atoms with Crippen molar-refractivity contribution in [1.82, 2.24) is 9.62 Å². The van der Waals surface area contributed by atoms with E-state index in [-0.39, 0.29) is 17.3 Å². The van der Waals surface area contributed by atoms with E-state index in [0.717, 1.165) is 23.3 Å². The molecule has 2 aromatic rings. The van der Waals surface area contributed by atoms with Crippen LogP contribution in [0.2, 0.25) is 0 Å². The molecule has 150 valence electrons. The quantitative estimate of drug-likeness (QED) is 0.673. The van der Waals surface area contributed by atoms with E-state index in [2.05, 4.69) is 5.32 Å². The summed E-state index contributed by atoms with van der Waals surface area (Å²) in [5.74, 6) is -0.357. The fourth-order valence-electron chi connectivity index (χ4n) is 3.09. The van der Waals surface area contributed by atoms with Crippen molar-refractivity contribution in [2.45, 2.75) is 28.7 Å². The molecular formula is C20H24N2O4S2. The van der Waals surface area contributed by atoms with Gasteiger partial charge in [-0.25, -0.2) is 8.42 Å². The van der Waals surface area contributed by atoms with Gasteiger partial charge in [-0.1, -0.05) is 12.1 Å². The summed E-state index contributed by atoms with van der Waals surface area (Å²) in [7, 11) is -3.49. The van der Waals surface area contributed by atoms with E-state index >= 15 is 0 Å². The minimum Gasteiger partial charge on any atom is -0.387 e. The Balaban J connectivity index is 1.59. The van der Waals surface area contributed by atoms with Crippen molar-refractivity contribution in [3.05, 3.63) is 59.7 Å². The molecule has 1 heterocycles. The largest absolute Gasteiger partial charge is 0.387 e. The van der Waals surface area contributed by atoms with E-state index in [1.54, 1.807) is 11.8 Å². The van der Waals surface area contributed by atoms with E-state index in [0.29, 0.717) is 18.7 Å². The van der Waals surface area contributed by atoms with E-state index in [9.17, 15) is 18.3 Å². The van der Waals surface area contributed by atoms with E-state index in [1.807, 2.05) is 30.5 Å². The van der Waals surface area contributed by atoms with Crippen molar-refractivity contribution < 1.29 is 18.3 Å². The van der Waals surface area contributed by atoms with Crippen LogP contribution in [0.4, 0.5) is 0 Å². The van der Waals surface area contributed by atoms with Crippen LogP contribution in [0.3, 0.4) is 0 Å². The van der Waals surface area contributed by atoms with E-state index in [4.69, 9.17) is 0 Å². The first-order valence-electron chi connectivity index (χ1n) is 9.12. The van der Waals surface area contributed by atoms with Crippen LogP contribution in [0, 0.1) is 0 Å². The van der Waals surface area contributed by atoms with Gasteiger partial charge in [-0.2, -0.15) is 4.31 Å². The summed E-state index contributed by atoms with van der Waals surface area (Å²) in [6, 6.07) is 13.4. The highest BCUT2D eigenvalue weighted by atomic mass is 32.2. The van der Waals surface area contributed by atoms with Crippen LogP contribution in [0.25, 0.3) is 0 Å². The van der Waals surface area contributed by atoms with Gasteiger partial charge < -0.3 is 10.4 Å². The van der Waals surface area contributed by atoms with Crippen molar-refractivity contribution in [1.29, 1.82) is 0 Å². The molecule has 1 atom stereocenters. The predicted octanol–water partition coefficient (Wildman–Crippen LogP) is 2.66. The van der Waals surface area contributed by atoms with Crippen molar-refractivity contribution >= 4 is 27.7 Å². The normalized spacial score (nSPS) is 16.1. The average molecular weight is 421 g/mol. The smallest absolute Gasteiger partial charge is 0.251 e. The third kappa shape index (κ3) is 4.75. The number of sulfonamides is 1. The first kappa shape index (κ1) is 20.9. The molecule has 1 amide bonds. The second-order valence-electron chi connectivity index (χ2n) is 6.63. The van der Waals surface area contributed by atoms with Gasteiger partial charge in [0.1, 0.15) is 0 Å². The Kier molecular flexibility index (Phi) is 6.77. The topological polar surface area (TPSA) is 86.7 Å². The molecule has 0 unspecified atom stereocenters. The molecule has 8 heteroatoms. The van der Waals surface area contributed by atoms with Crippen molar-refractivity contribution in [3.63, 3.8) is 0 Å². The van der Waals surface area contributed by atoms with Gasteiger partial charge >= 0.3 is 0 Å². The van der Waals surface area contributed by atoms with E-state index < -0.39 is 16.1 Å². The lowest BCUT2D eigenvalue weighted by Gasteiger charge is -2.16. The molecule has 0 saturated carbocycles. The average Bonchev–Trinajstić information content (AvgIpc) is 3.28. The van der Waals surface area contributed by atoms with Gasteiger partial charge in [0.05, 0.1) is 11.0 Å². The first-order valence-corrected chi connectivity index (χ1v) is 11.8. The lowest BCUT2D eigenvalue weighted by Crippen LogP contribution is -2.29. The molecule has 28 heavy (non-hydrogen) atoms. The number of nitrogens with one attached hydrogen (secondary N) is 1. The molecule has 0 aliphatic carbocycles. The number of aliphatic hydroxyl groups is 1. The molecule has 3 rings (SSSR count). The monoisotopic (exact) mass is 420 g/mol. The number of rotatable bonds is 7. The van der Waals surface area contributed by atoms with Crippen LogP contribution < -0.4 is 5.32 Å². The molecule has 1 fully saturated rings. The Morgan fingerprint density at radius 3 is 2.29 bits per heavy atom. The highest BCUT2D eigenvalue weighted by Gasteiger charge is 2.27. The standard InChI is InChI=1S/C20H24N2O4S2/c1-27-17-8-4-15(5-9-17)19(23)14-21-20(24)16-6-10-18(11-7-16)28(25,26)22-12-2-3-13-22/h4-11,19,23H,2-3,12-14H2,1H3,(H,21,24)/t19-/m1/s1. The molecular weight excluding hydrogens is 396 g/mol. The maximum absolute atomic E-state index is 12.5. The zero-order chi connectivity index (χ0) is 20.1. The fourth-order valence-corrected chi connectivity index (χ4v) is 5.02. The highest BCUT2D eigenvalue weighted by molar-refractivity contribution is 7.98. The molecule has 0 radical (unpaired) electrons. The van der Waals surface area contributed by atoms with Gasteiger partial charge in [0.15, 0.2) is 0 Å². The van der Waals surface area contributed by atoms with Gasteiger partial charge in [0.25, 0.3) is 5.91 Å². The molecule has 0 spiro atoms. The number of aliphatic hydroxyl groups excluding tert-OH is 1. The molecule has 1 aliphatic rings. The van der Waals surface area contributed by atoms with Crippen LogP contribution in [0.1, 0.15) is 34.9 Å². The molecule has 2 aromatic carbocycles. The number of nitrogens with zero attached hydrogens (tertiary/aromatic N) is 1. The minimum atomic E-state index is -3.49. The molecule has 2 N–H and O–H groups in total. The minimum absolute atomic E-state index is 0.0747. The summed E-state index contributed by atoms with van der Waals surface area (Å²) < 4.78 is 26.5. The summed E-state index contributed by atoms with van der Waals surface area (Å²) >= 11 is 1.62. The number of carbonyl (C=O) groups excluding carboxylic acids is 1. The van der Waals surface area contributed by atoms with Gasteiger partial charge in [0.2, 0.25) is 10.0 Å².